The van der Waals surface area contributed by atoms with Gasteiger partial charge in [-0.05, 0) is 36.2 Å². The van der Waals surface area contributed by atoms with Gasteiger partial charge in [0.05, 0.1) is 13.5 Å². The van der Waals surface area contributed by atoms with Gasteiger partial charge in [0.25, 0.3) is 0 Å². The summed E-state index contributed by atoms with van der Waals surface area (Å²) in [5.74, 6) is 0.354. The minimum absolute atomic E-state index is 0.129. The van der Waals surface area contributed by atoms with Gasteiger partial charge >= 0.3 is 0 Å². The molecule has 5 nitrogen and oxygen atoms in total. The molecule has 0 radical (unpaired) electrons. The Morgan fingerprint density at radius 3 is 2.28 bits per heavy atom. The minimum atomic E-state index is -0.648. The highest BCUT2D eigenvalue weighted by Crippen LogP contribution is 2.18. The number of hydrogen-bond acceptors (Lipinski definition) is 3. The molecule has 6 heteroatoms. The fourth-order valence-corrected chi connectivity index (χ4v) is 3.55. The molecule has 0 spiro atoms. The van der Waals surface area contributed by atoms with Crippen LogP contribution >= 0.6 is 11.6 Å². The van der Waals surface area contributed by atoms with Gasteiger partial charge in [0, 0.05) is 23.7 Å². The lowest BCUT2D eigenvalue weighted by Gasteiger charge is -2.29. The van der Waals surface area contributed by atoms with Crippen molar-refractivity contribution in [3.05, 3.63) is 101 Å². The van der Waals surface area contributed by atoms with Crippen molar-refractivity contribution >= 4 is 23.4 Å². The van der Waals surface area contributed by atoms with Crippen molar-refractivity contribution in [1.82, 2.24) is 10.2 Å². The van der Waals surface area contributed by atoms with E-state index in [-0.39, 0.29) is 18.2 Å². The predicted molar refractivity (Wildman–Crippen MR) is 126 cm³/mol. The number of rotatable bonds is 9. The van der Waals surface area contributed by atoms with Crippen LogP contribution in [0.4, 0.5) is 0 Å². The zero-order chi connectivity index (χ0) is 22.9. The quantitative estimate of drug-likeness (QED) is 0.517. The van der Waals surface area contributed by atoms with E-state index >= 15 is 0 Å². The molecular formula is C26H27ClN2O3. The van der Waals surface area contributed by atoms with Crippen molar-refractivity contribution in [2.75, 3.05) is 7.11 Å². The van der Waals surface area contributed by atoms with Gasteiger partial charge in [-0.3, -0.25) is 9.59 Å². The van der Waals surface area contributed by atoms with E-state index in [0.29, 0.717) is 23.9 Å². The second-order valence-corrected chi connectivity index (χ2v) is 7.95. The van der Waals surface area contributed by atoms with Crippen LogP contribution in [-0.4, -0.2) is 29.9 Å². The van der Waals surface area contributed by atoms with Crippen LogP contribution in [0.5, 0.6) is 5.75 Å². The number of para-hydroxylation sites is 1. The third-order valence-electron chi connectivity index (χ3n) is 5.28. The number of hydrogen-bond donors (Lipinski definition) is 1. The number of carbonyl (C=O) groups excluding carboxylic acids is 2. The molecule has 0 bridgehead atoms. The lowest BCUT2D eigenvalue weighted by atomic mass is 10.1. The SMILES string of the molecule is COc1ccccc1CNC(=O)C(C)N(Cc1ccccc1)C(=O)Cc1ccc(Cl)cc1. The maximum atomic E-state index is 13.2. The molecule has 0 saturated heterocycles. The number of nitrogens with zero attached hydrogens (tertiary/aromatic N) is 1. The molecule has 0 saturated carbocycles. The van der Waals surface area contributed by atoms with E-state index in [0.717, 1.165) is 16.7 Å². The Morgan fingerprint density at radius 1 is 0.938 bits per heavy atom. The summed E-state index contributed by atoms with van der Waals surface area (Å²) < 4.78 is 5.35. The van der Waals surface area contributed by atoms with Gasteiger partial charge in [-0.15, -0.1) is 0 Å². The van der Waals surface area contributed by atoms with Crippen molar-refractivity contribution in [3.63, 3.8) is 0 Å². The first-order chi connectivity index (χ1) is 15.5. The number of carbonyl (C=O) groups is 2. The Balaban J connectivity index is 1.74. The molecule has 1 N–H and O–H groups in total. The number of ether oxygens (including phenoxy) is 1. The second kappa shape index (κ2) is 11.3. The van der Waals surface area contributed by atoms with Crippen LogP contribution in [0.1, 0.15) is 23.6 Å². The number of halogens is 1. The topological polar surface area (TPSA) is 58.6 Å². The zero-order valence-electron chi connectivity index (χ0n) is 18.3. The van der Waals surface area contributed by atoms with Gasteiger partial charge < -0.3 is 15.0 Å². The molecular weight excluding hydrogens is 424 g/mol. The van der Waals surface area contributed by atoms with Crippen LogP contribution in [0.25, 0.3) is 0 Å². The van der Waals surface area contributed by atoms with Crippen molar-refractivity contribution in [1.29, 1.82) is 0 Å². The predicted octanol–water partition coefficient (Wildman–Crippen LogP) is 4.62. The lowest BCUT2D eigenvalue weighted by Crippen LogP contribution is -2.48. The average Bonchev–Trinajstić information content (AvgIpc) is 2.82. The lowest BCUT2D eigenvalue weighted by molar-refractivity contribution is -0.140. The summed E-state index contributed by atoms with van der Waals surface area (Å²) in [5.41, 5.74) is 2.68. The van der Waals surface area contributed by atoms with Gasteiger partial charge in [-0.2, -0.15) is 0 Å². The van der Waals surface area contributed by atoms with E-state index in [1.165, 1.54) is 0 Å². The molecule has 1 unspecified atom stereocenters. The summed E-state index contributed by atoms with van der Waals surface area (Å²) in [4.78, 5) is 27.8. The molecule has 0 aromatic heterocycles. The summed E-state index contributed by atoms with van der Waals surface area (Å²) in [6.07, 6.45) is 0.189. The largest absolute Gasteiger partial charge is 0.496 e. The highest BCUT2D eigenvalue weighted by Gasteiger charge is 2.26. The highest BCUT2D eigenvalue weighted by atomic mass is 35.5. The molecule has 166 valence electrons. The average molecular weight is 451 g/mol. The highest BCUT2D eigenvalue weighted by molar-refractivity contribution is 6.30. The fourth-order valence-electron chi connectivity index (χ4n) is 3.42. The van der Waals surface area contributed by atoms with Gasteiger partial charge in [0.1, 0.15) is 11.8 Å². The van der Waals surface area contributed by atoms with Crippen LogP contribution in [0.3, 0.4) is 0 Å². The smallest absolute Gasteiger partial charge is 0.242 e. The molecule has 0 heterocycles. The van der Waals surface area contributed by atoms with E-state index in [2.05, 4.69) is 5.32 Å². The third kappa shape index (κ3) is 6.34. The normalized spacial score (nSPS) is 11.5. The summed E-state index contributed by atoms with van der Waals surface area (Å²) in [6, 6.07) is 23.7. The summed E-state index contributed by atoms with van der Waals surface area (Å²) in [7, 11) is 1.60. The summed E-state index contributed by atoms with van der Waals surface area (Å²) in [6.45, 7) is 2.41. The Hall–Kier alpha value is -3.31. The molecule has 0 fully saturated rings. The van der Waals surface area contributed by atoms with Crippen LogP contribution < -0.4 is 10.1 Å². The minimum Gasteiger partial charge on any atom is -0.496 e. The van der Waals surface area contributed by atoms with Crippen molar-refractivity contribution < 1.29 is 14.3 Å². The molecule has 1 atom stereocenters. The van der Waals surface area contributed by atoms with Crippen molar-refractivity contribution in [3.8, 4) is 5.75 Å². The maximum absolute atomic E-state index is 13.2. The van der Waals surface area contributed by atoms with E-state index < -0.39 is 6.04 Å². The second-order valence-electron chi connectivity index (χ2n) is 7.52. The van der Waals surface area contributed by atoms with Crippen LogP contribution in [0, 0.1) is 0 Å². The fraction of sp³-hybridized carbons (Fsp3) is 0.231. The molecule has 32 heavy (non-hydrogen) atoms. The molecule has 3 aromatic rings. The van der Waals surface area contributed by atoms with E-state index in [1.807, 2.05) is 66.7 Å². The van der Waals surface area contributed by atoms with Gasteiger partial charge in [-0.1, -0.05) is 72.3 Å². The third-order valence-corrected chi connectivity index (χ3v) is 5.53. The van der Waals surface area contributed by atoms with Crippen molar-refractivity contribution in [2.24, 2.45) is 0 Å². The number of benzene rings is 3. The van der Waals surface area contributed by atoms with E-state index in [9.17, 15) is 9.59 Å². The van der Waals surface area contributed by atoms with E-state index in [4.69, 9.17) is 16.3 Å². The molecule has 3 rings (SSSR count). The molecule has 0 aliphatic carbocycles. The summed E-state index contributed by atoms with van der Waals surface area (Å²) >= 11 is 5.96. The number of amides is 2. The Labute approximate surface area is 194 Å². The van der Waals surface area contributed by atoms with E-state index in [1.54, 1.807) is 31.1 Å². The van der Waals surface area contributed by atoms with Crippen LogP contribution in [0.15, 0.2) is 78.9 Å². The first-order valence-corrected chi connectivity index (χ1v) is 10.8. The molecule has 0 aliphatic heterocycles. The number of nitrogens with one attached hydrogen (secondary N) is 1. The Morgan fingerprint density at radius 2 is 1.59 bits per heavy atom. The number of methoxy groups -OCH3 is 1. The first-order valence-electron chi connectivity index (χ1n) is 10.5. The Bertz CT molecular complexity index is 1040. The van der Waals surface area contributed by atoms with Crippen LogP contribution in [-0.2, 0) is 29.1 Å². The first kappa shape index (κ1) is 23.4. The monoisotopic (exact) mass is 450 g/mol. The molecule has 2 amide bonds. The van der Waals surface area contributed by atoms with Crippen molar-refractivity contribution in [2.45, 2.75) is 32.5 Å². The van der Waals surface area contributed by atoms with Crippen LogP contribution in [0.2, 0.25) is 5.02 Å². The molecule has 3 aromatic carbocycles. The standard InChI is InChI=1S/C26H27ClN2O3/c1-19(26(31)28-17-22-10-6-7-11-24(22)32-2)29(18-21-8-4-3-5-9-21)25(30)16-20-12-14-23(27)15-13-20/h3-15,19H,16-18H2,1-2H3,(H,28,31). The summed E-state index contributed by atoms with van der Waals surface area (Å²) in [5, 5.41) is 3.55. The van der Waals surface area contributed by atoms with Gasteiger partial charge in [0.2, 0.25) is 11.8 Å². The Kier molecular flexibility index (Phi) is 8.28. The van der Waals surface area contributed by atoms with Gasteiger partial charge in [-0.25, -0.2) is 0 Å². The zero-order valence-corrected chi connectivity index (χ0v) is 19.0. The maximum Gasteiger partial charge on any atom is 0.242 e. The molecule has 0 aliphatic rings. The van der Waals surface area contributed by atoms with Gasteiger partial charge in [0.15, 0.2) is 0 Å².